The van der Waals surface area contributed by atoms with Gasteiger partial charge in [-0.25, -0.2) is 0 Å². The fraction of sp³-hybridized carbons (Fsp3) is 0.875. The second-order valence-electron chi connectivity index (χ2n) is 3.23. The molecule has 2 heterocycles. The smallest absolute Gasteiger partial charge is 0.000636 e. The molecule has 2 rings (SSSR count). The van der Waals surface area contributed by atoms with Crippen molar-refractivity contribution in [2.45, 2.75) is 13.3 Å². The van der Waals surface area contributed by atoms with E-state index in [1.807, 2.05) is 3.51 Å². The Morgan fingerprint density at radius 1 is 1.60 bits per heavy atom. The van der Waals surface area contributed by atoms with Crippen LogP contribution in [-0.2, 0) is 0 Å². The molecule has 1 nitrogen and oxygen atoms in total. The van der Waals surface area contributed by atoms with Gasteiger partial charge in [0.1, 0.15) is 0 Å². The van der Waals surface area contributed by atoms with Gasteiger partial charge in [0.05, 0.1) is 0 Å². The molecule has 2 unspecified atom stereocenters. The van der Waals surface area contributed by atoms with Crippen LogP contribution in [0.1, 0.15) is 13.3 Å². The first-order valence-corrected chi connectivity index (χ1v) is 6.61. The highest BCUT2D eigenvalue weighted by molar-refractivity contribution is 14.2. The monoisotopic (exact) mass is 251 g/mol. The van der Waals surface area contributed by atoms with Crippen molar-refractivity contribution in [1.82, 2.24) is 5.32 Å². The lowest BCUT2D eigenvalue weighted by molar-refractivity contribution is 0.357. The third-order valence-corrected chi connectivity index (χ3v) is 6.18. The van der Waals surface area contributed by atoms with Crippen LogP contribution in [0.25, 0.3) is 0 Å². The van der Waals surface area contributed by atoms with E-state index in [9.17, 15) is 0 Å². The number of rotatable bonds is 0. The minimum absolute atomic E-state index is 0.503. The number of fused-ring (bicyclic) bond motifs is 1. The van der Waals surface area contributed by atoms with Gasteiger partial charge in [-0.15, -0.1) is 20.7 Å². The summed E-state index contributed by atoms with van der Waals surface area (Å²) in [6.45, 7) is 4.97. The molecule has 10 heavy (non-hydrogen) atoms. The molecular weight excluding hydrogens is 237 g/mol. The van der Waals surface area contributed by atoms with Crippen molar-refractivity contribution in [3.8, 4) is 0 Å². The van der Waals surface area contributed by atoms with Gasteiger partial charge in [0.15, 0.2) is 0 Å². The fourth-order valence-corrected chi connectivity index (χ4v) is 5.50. The largest absolute Gasteiger partial charge is 0.316 e. The summed E-state index contributed by atoms with van der Waals surface area (Å²) in [7, 11) is 0. The van der Waals surface area contributed by atoms with Crippen LogP contribution in [-0.4, -0.2) is 21.0 Å². The SMILES string of the molecule is CC1=ICC2CNCCC12. The van der Waals surface area contributed by atoms with Crippen LogP contribution in [0.4, 0.5) is 0 Å². The molecule has 0 amide bonds. The zero-order valence-corrected chi connectivity index (χ0v) is 8.52. The van der Waals surface area contributed by atoms with Crippen LogP contribution >= 0.6 is 20.7 Å². The number of hydrogen-bond acceptors (Lipinski definition) is 1. The first-order valence-electron chi connectivity index (χ1n) is 4.01. The fourth-order valence-electron chi connectivity index (χ4n) is 1.93. The molecule has 2 atom stereocenters. The van der Waals surface area contributed by atoms with Gasteiger partial charge in [-0.1, -0.05) is 0 Å². The van der Waals surface area contributed by atoms with Crippen LogP contribution in [0.5, 0.6) is 0 Å². The Kier molecular flexibility index (Phi) is 2.09. The molecule has 0 aliphatic carbocycles. The van der Waals surface area contributed by atoms with E-state index in [4.69, 9.17) is 0 Å². The highest BCUT2D eigenvalue weighted by Gasteiger charge is 2.29. The van der Waals surface area contributed by atoms with Crippen LogP contribution in [0.3, 0.4) is 0 Å². The molecule has 2 aliphatic rings. The number of piperidine rings is 1. The third kappa shape index (κ3) is 1.16. The van der Waals surface area contributed by atoms with Crippen LogP contribution < -0.4 is 5.32 Å². The maximum atomic E-state index is 3.48. The van der Waals surface area contributed by atoms with Crippen molar-refractivity contribution in [2.24, 2.45) is 11.8 Å². The normalized spacial score (nSPS) is 39.9. The maximum Gasteiger partial charge on any atom is -0.000636 e. The van der Waals surface area contributed by atoms with Crippen molar-refractivity contribution in [3.63, 3.8) is 0 Å². The van der Waals surface area contributed by atoms with E-state index in [-0.39, 0.29) is 0 Å². The highest BCUT2D eigenvalue weighted by Crippen LogP contribution is 2.33. The van der Waals surface area contributed by atoms with Gasteiger partial charge < -0.3 is 5.32 Å². The Balaban J connectivity index is 2.08. The maximum absolute atomic E-state index is 3.48. The zero-order valence-electron chi connectivity index (χ0n) is 6.36. The van der Waals surface area contributed by atoms with E-state index in [2.05, 4.69) is 12.2 Å². The summed E-state index contributed by atoms with van der Waals surface area (Å²) in [4.78, 5) is 0. The predicted octanol–water partition coefficient (Wildman–Crippen LogP) is 1.39. The number of nitrogens with one attached hydrogen (secondary N) is 1. The topological polar surface area (TPSA) is 12.0 Å². The molecule has 1 saturated heterocycles. The van der Waals surface area contributed by atoms with Crippen molar-refractivity contribution < 1.29 is 0 Å². The van der Waals surface area contributed by atoms with Crippen molar-refractivity contribution in [3.05, 3.63) is 0 Å². The van der Waals surface area contributed by atoms with E-state index < -0.39 is 0 Å². The Hall–Kier alpha value is 0.560. The second kappa shape index (κ2) is 2.89. The molecular formula is C8H14IN. The van der Waals surface area contributed by atoms with Crippen molar-refractivity contribution >= 4 is 24.2 Å². The molecule has 1 fully saturated rings. The Labute approximate surface area is 72.3 Å². The van der Waals surface area contributed by atoms with Crippen LogP contribution in [0, 0.1) is 11.8 Å². The van der Waals surface area contributed by atoms with E-state index in [0.717, 1.165) is 11.8 Å². The Morgan fingerprint density at radius 2 is 2.50 bits per heavy atom. The van der Waals surface area contributed by atoms with Gasteiger partial charge in [-0.2, -0.15) is 0 Å². The first-order chi connectivity index (χ1) is 4.88. The quantitative estimate of drug-likeness (QED) is 0.506. The standard InChI is InChI=1S/C8H14IN/c1-6-8-2-3-10-5-7(8)4-9-6/h7-8,10H,2-5H2,1H3. The minimum Gasteiger partial charge on any atom is -0.316 e. The van der Waals surface area contributed by atoms with Gasteiger partial charge in [0, 0.05) is 0 Å². The molecule has 0 radical (unpaired) electrons. The van der Waals surface area contributed by atoms with E-state index in [1.54, 1.807) is 4.43 Å². The van der Waals surface area contributed by atoms with E-state index in [1.165, 1.54) is 19.5 Å². The third-order valence-electron chi connectivity index (χ3n) is 2.60. The molecule has 0 aromatic heterocycles. The molecule has 0 saturated carbocycles. The molecule has 0 spiro atoms. The average Bonchev–Trinajstić information content (AvgIpc) is 2.34. The summed E-state index contributed by atoms with van der Waals surface area (Å²) in [6.07, 6.45) is 1.43. The Bertz CT molecular complexity index is 165. The summed E-state index contributed by atoms with van der Waals surface area (Å²) in [5, 5.41) is 3.48. The molecule has 0 aromatic rings. The van der Waals surface area contributed by atoms with Gasteiger partial charge in [0.25, 0.3) is 0 Å². The summed E-state index contributed by atoms with van der Waals surface area (Å²) in [5.74, 6) is 2.08. The van der Waals surface area contributed by atoms with Crippen LogP contribution in [0.2, 0.25) is 0 Å². The highest BCUT2D eigenvalue weighted by atomic mass is 127. The number of halogens is 1. The lowest BCUT2D eigenvalue weighted by Crippen LogP contribution is -2.37. The molecule has 2 aliphatic heterocycles. The summed E-state index contributed by atoms with van der Waals surface area (Å²) < 4.78 is 3.44. The summed E-state index contributed by atoms with van der Waals surface area (Å²) >= 11 is 0.503. The van der Waals surface area contributed by atoms with Gasteiger partial charge in [0.2, 0.25) is 0 Å². The van der Waals surface area contributed by atoms with Gasteiger partial charge in [-0.3, -0.25) is 0 Å². The van der Waals surface area contributed by atoms with Gasteiger partial charge >= 0.3 is 0 Å². The lowest BCUT2D eigenvalue weighted by atomic mass is 9.86. The van der Waals surface area contributed by atoms with Gasteiger partial charge in [-0.05, 0) is 46.2 Å². The lowest BCUT2D eigenvalue weighted by Gasteiger charge is -2.26. The van der Waals surface area contributed by atoms with Crippen molar-refractivity contribution in [1.29, 1.82) is 0 Å². The molecule has 0 bridgehead atoms. The molecule has 58 valence electrons. The summed E-state index contributed by atoms with van der Waals surface area (Å²) in [5.41, 5.74) is 0. The zero-order chi connectivity index (χ0) is 6.97. The number of alkyl halides is 1. The molecule has 0 aromatic carbocycles. The van der Waals surface area contributed by atoms with Crippen LogP contribution in [0.15, 0.2) is 0 Å². The van der Waals surface area contributed by atoms with E-state index in [0.29, 0.717) is 20.7 Å². The van der Waals surface area contributed by atoms with E-state index >= 15 is 0 Å². The second-order valence-corrected chi connectivity index (χ2v) is 6.58. The minimum atomic E-state index is 0.503. The predicted molar refractivity (Wildman–Crippen MR) is 54.0 cm³/mol. The first kappa shape index (κ1) is 7.22. The Morgan fingerprint density at radius 3 is 3.30 bits per heavy atom. The van der Waals surface area contributed by atoms with Crippen molar-refractivity contribution in [2.75, 3.05) is 17.5 Å². The molecule has 2 heteroatoms. The molecule has 1 N–H and O–H groups in total. The number of hydrogen-bond donors (Lipinski definition) is 1. The summed E-state index contributed by atoms with van der Waals surface area (Å²) in [6, 6.07) is 0. The average molecular weight is 251 g/mol.